The second kappa shape index (κ2) is 7.31. The topological polar surface area (TPSA) is 71.4 Å². The summed E-state index contributed by atoms with van der Waals surface area (Å²) in [5.41, 5.74) is 3.36. The third kappa shape index (κ3) is 3.29. The van der Waals surface area contributed by atoms with Gasteiger partial charge in [0.25, 0.3) is 0 Å². The quantitative estimate of drug-likeness (QED) is 0.762. The number of carbonyl (C=O) groups excluding carboxylic acids is 2. The summed E-state index contributed by atoms with van der Waals surface area (Å²) in [6.45, 7) is 2.70. The molecule has 1 aliphatic heterocycles. The Kier molecular flexibility index (Phi) is 4.69. The lowest BCUT2D eigenvalue weighted by molar-refractivity contribution is -0.119. The molecule has 4 rings (SSSR count). The Hall–Kier alpha value is -3.41. The molecule has 6 heteroatoms. The van der Waals surface area contributed by atoms with E-state index in [9.17, 15) is 14.4 Å². The van der Waals surface area contributed by atoms with Gasteiger partial charge in [0, 0.05) is 42.0 Å². The van der Waals surface area contributed by atoms with Crippen molar-refractivity contribution < 1.29 is 9.59 Å². The van der Waals surface area contributed by atoms with Gasteiger partial charge >= 0.3 is 0 Å². The summed E-state index contributed by atoms with van der Waals surface area (Å²) >= 11 is 0. The van der Waals surface area contributed by atoms with Gasteiger partial charge in [0.2, 0.25) is 11.8 Å². The molecule has 0 saturated heterocycles. The van der Waals surface area contributed by atoms with Crippen LogP contribution in [0, 0.1) is 0 Å². The lowest BCUT2D eigenvalue weighted by Crippen LogP contribution is -2.34. The smallest absolute Gasteiger partial charge is 0.244 e. The molecule has 2 aromatic carbocycles. The summed E-state index contributed by atoms with van der Waals surface area (Å²) < 4.78 is 1.77. The second-order valence-corrected chi connectivity index (χ2v) is 6.85. The average molecular weight is 375 g/mol. The van der Waals surface area contributed by atoms with Crippen molar-refractivity contribution in [2.75, 3.05) is 16.8 Å². The number of aromatic nitrogens is 1. The fourth-order valence-electron chi connectivity index (χ4n) is 3.74. The van der Waals surface area contributed by atoms with E-state index in [1.54, 1.807) is 21.7 Å². The van der Waals surface area contributed by atoms with Crippen LogP contribution in [0.25, 0.3) is 10.9 Å². The highest BCUT2D eigenvalue weighted by Gasteiger charge is 2.23. The number of carbonyl (C=O) groups is 2. The van der Waals surface area contributed by atoms with Gasteiger partial charge in [-0.05, 0) is 49.2 Å². The summed E-state index contributed by atoms with van der Waals surface area (Å²) in [4.78, 5) is 38.3. The highest BCUT2D eigenvalue weighted by atomic mass is 16.2. The van der Waals surface area contributed by atoms with Gasteiger partial charge < -0.3 is 14.8 Å². The van der Waals surface area contributed by atoms with Crippen molar-refractivity contribution in [1.29, 1.82) is 0 Å². The molecule has 142 valence electrons. The van der Waals surface area contributed by atoms with Crippen molar-refractivity contribution in [3.63, 3.8) is 0 Å². The molecule has 0 bridgehead atoms. The second-order valence-electron chi connectivity index (χ2n) is 6.85. The Labute approximate surface area is 162 Å². The number of hydrogen-bond donors (Lipinski definition) is 1. The first kappa shape index (κ1) is 18.0. The van der Waals surface area contributed by atoms with Crippen molar-refractivity contribution in [3.05, 3.63) is 70.5 Å². The van der Waals surface area contributed by atoms with Gasteiger partial charge in [0.05, 0.1) is 5.52 Å². The molecule has 0 spiro atoms. The van der Waals surface area contributed by atoms with Gasteiger partial charge in [0.15, 0.2) is 5.43 Å². The normalized spacial score (nSPS) is 13.5. The predicted molar refractivity (Wildman–Crippen MR) is 110 cm³/mol. The number of nitrogens with one attached hydrogen (secondary N) is 1. The van der Waals surface area contributed by atoms with Gasteiger partial charge in [-0.1, -0.05) is 12.1 Å². The van der Waals surface area contributed by atoms with Crippen molar-refractivity contribution in [2.24, 2.45) is 0 Å². The molecule has 0 radical (unpaired) electrons. The first-order chi connectivity index (χ1) is 13.6. The molecule has 0 fully saturated rings. The molecule has 3 aromatic rings. The number of para-hydroxylation sites is 1. The molecule has 0 atom stereocenters. The van der Waals surface area contributed by atoms with Gasteiger partial charge in [-0.2, -0.15) is 0 Å². The number of aryl methyl sites for hydroxylation is 1. The van der Waals surface area contributed by atoms with Crippen LogP contribution in [0.15, 0.2) is 59.5 Å². The summed E-state index contributed by atoms with van der Waals surface area (Å²) in [5.74, 6) is -0.0372. The van der Waals surface area contributed by atoms with E-state index in [-0.39, 0.29) is 23.8 Å². The molecule has 6 nitrogen and oxygen atoms in total. The van der Waals surface area contributed by atoms with Crippen LogP contribution in [0.5, 0.6) is 0 Å². The van der Waals surface area contributed by atoms with E-state index in [2.05, 4.69) is 5.32 Å². The molecule has 28 heavy (non-hydrogen) atoms. The van der Waals surface area contributed by atoms with Gasteiger partial charge in [-0.15, -0.1) is 0 Å². The Morgan fingerprint density at radius 3 is 2.71 bits per heavy atom. The molecule has 2 heterocycles. The van der Waals surface area contributed by atoms with Crippen molar-refractivity contribution in [1.82, 2.24) is 4.57 Å². The molecule has 1 N–H and O–H groups in total. The fraction of sp³-hybridized carbons (Fsp3) is 0.227. The maximum atomic E-state index is 12.6. The number of amides is 2. The summed E-state index contributed by atoms with van der Waals surface area (Å²) in [5, 5.41) is 3.52. The van der Waals surface area contributed by atoms with E-state index in [0.717, 1.165) is 16.8 Å². The van der Waals surface area contributed by atoms with Crippen LogP contribution >= 0.6 is 0 Å². The largest absolute Gasteiger partial charge is 0.338 e. The van der Waals surface area contributed by atoms with Crippen molar-refractivity contribution >= 4 is 34.1 Å². The molecule has 2 amide bonds. The molecule has 1 aromatic heterocycles. The predicted octanol–water partition coefficient (Wildman–Crippen LogP) is 2.94. The van der Waals surface area contributed by atoms with Crippen LogP contribution in [0.1, 0.15) is 18.9 Å². The van der Waals surface area contributed by atoms with E-state index >= 15 is 0 Å². The number of fused-ring (bicyclic) bond motifs is 2. The van der Waals surface area contributed by atoms with E-state index in [4.69, 9.17) is 0 Å². The fourth-order valence-corrected chi connectivity index (χ4v) is 3.74. The monoisotopic (exact) mass is 375 g/mol. The van der Waals surface area contributed by atoms with E-state index in [0.29, 0.717) is 30.5 Å². The minimum Gasteiger partial charge on any atom is -0.338 e. The lowest BCUT2D eigenvalue weighted by Gasteiger charge is -2.28. The molecule has 0 aliphatic carbocycles. The Morgan fingerprint density at radius 1 is 1.07 bits per heavy atom. The van der Waals surface area contributed by atoms with Crippen LogP contribution in [-0.4, -0.2) is 22.9 Å². The maximum absolute atomic E-state index is 12.6. The highest BCUT2D eigenvalue weighted by Crippen LogP contribution is 2.30. The van der Waals surface area contributed by atoms with Gasteiger partial charge in [0.1, 0.15) is 6.54 Å². The van der Waals surface area contributed by atoms with Gasteiger partial charge in [-0.25, -0.2) is 0 Å². The minimum atomic E-state index is -0.173. The van der Waals surface area contributed by atoms with Crippen molar-refractivity contribution in [3.8, 4) is 0 Å². The Bertz CT molecular complexity index is 1130. The SMILES string of the molecule is CCN1C(=O)CCc2cc(NC(=O)Cn3ccc(=O)c4ccccc43)ccc21. The summed E-state index contributed by atoms with van der Waals surface area (Å²) in [6, 6.07) is 14.4. The molecular weight excluding hydrogens is 354 g/mol. The first-order valence-corrected chi connectivity index (χ1v) is 9.38. The molecule has 1 aliphatic rings. The molecular formula is C22H21N3O3. The standard InChI is InChI=1S/C22H21N3O3/c1-2-25-18-9-8-16(13-15(18)7-10-22(25)28)23-21(27)14-24-12-11-20(26)17-5-3-4-6-19(17)24/h3-6,8-9,11-13H,2,7,10,14H2,1H3,(H,23,27). The maximum Gasteiger partial charge on any atom is 0.244 e. The number of anilines is 2. The van der Waals surface area contributed by atoms with Crippen LogP contribution in [0.3, 0.4) is 0 Å². The number of benzene rings is 2. The van der Waals surface area contributed by atoms with Crippen LogP contribution in [-0.2, 0) is 22.6 Å². The number of hydrogen-bond acceptors (Lipinski definition) is 3. The zero-order valence-electron chi connectivity index (χ0n) is 15.6. The third-order valence-electron chi connectivity index (χ3n) is 5.08. The van der Waals surface area contributed by atoms with Crippen LogP contribution in [0.2, 0.25) is 0 Å². The molecule has 0 unspecified atom stereocenters. The minimum absolute atomic E-state index is 0.0584. The number of pyridine rings is 1. The zero-order chi connectivity index (χ0) is 19.7. The Morgan fingerprint density at radius 2 is 1.89 bits per heavy atom. The highest BCUT2D eigenvalue weighted by molar-refractivity contribution is 5.97. The molecule has 0 saturated carbocycles. The summed E-state index contributed by atoms with van der Waals surface area (Å²) in [7, 11) is 0. The lowest BCUT2D eigenvalue weighted by atomic mass is 10.0. The van der Waals surface area contributed by atoms with E-state index in [1.165, 1.54) is 6.07 Å². The van der Waals surface area contributed by atoms with Crippen LogP contribution < -0.4 is 15.6 Å². The van der Waals surface area contributed by atoms with Crippen LogP contribution in [0.4, 0.5) is 11.4 Å². The van der Waals surface area contributed by atoms with Gasteiger partial charge in [-0.3, -0.25) is 14.4 Å². The number of nitrogens with zero attached hydrogens (tertiary/aromatic N) is 2. The van der Waals surface area contributed by atoms with Crippen molar-refractivity contribution in [2.45, 2.75) is 26.3 Å². The summed E-state index contributed by atoms with van der Waals surface area (Å²) in [6.07, 6.45) is 2.81. The first-order valence-electron chi connectivity index (χ1n) is 9.38. The average Bonchev–Trinajstić information content (AvgIpc) is 2.70. The Balaban J connectivity index is 1.55. The number of rotatable bonds is 4. The van der Waals surface area contributed by atoms with E-state index in [1.807, 2.05) is 43.3 Å². The van der Waals surface area contributed by atoms with E-state index < -0.39 is 0 Å². The zero-order valence-corrected chi connectivity index (χ0v) is 15.6. The third-order valence-corrected chi connectivity index (χ3v) is 5.08.